The van der Waals surface area contributed by atoms with Crippen molar-refractivity contribution in [2.24, 2.45) is 11.8 Å². The van der Waals surface area contributed by atoms with Crippen LogP contribution >= 0.6 is 11.6 Å². The highest BCUT2D eigenvalue weighted by Gasteiger charge is 2.28. The zero-order valence-electron chi connectivity index (χ0n) is 11.6. The molecule has 1 aromatic carbocycles. The monoisotopic (exact) mass is 265 g/mol. The number of hydrogen-bond donors (Lipinski definition) is 1. The van der Waals surface area contributed by atoms with E-state index in [-0.39, 0.29) is 0 Å². The number of halogens is 1. The summed E-state index contributed by atoms with van der Waals surface area (Å²) in [6, 6.07) is 9.10. The molecule has 100 valence electrons. The molecule has 1 aromatic rings. The Morgan fingerprint density at radius 2 is 1.94 bits per heavy atom. The van der Waals surface area contributed by atoms with E-state index in [1.54, 1.807) is 0 Å². The van der Waals surface area contributed by atoms with Gasteiger partial charge in [-0.05, 0) is 36.8 Å². The molecule has 0 spiro atoms. The molecule has 1 aliphatic rings. The largest absolute Gasteiger partial charge is 0.307 e. The van der Waals surface area contributed by atoms with E-state index in [2.05, 4.69) is 38.2 Å². The van der Waals surface area contributed by atoms with Crippen LogP contribution in [0.2, 0.25) is 5.02 Å². The Kier molecular flexibility index (Phi) is 4.69. The van der Waals surface area contributed by atoms with Gasteiger partial charge in [0.2, 0.25) is 0 Å². The maximum Gasteiger partial charge on any atom is 0.0453 e. The molecule has 1 nitrogen and oxygen atoms in total. The summed E-state index contributed by atoms with van der Waals surface area (Å²) in [6.07, 6.45) is 4.01. The van der Waals surface area contributed by atoms with Crippen molar-refractivity contribution < 1.29 is 0 Å². The maximum absolute atomic E-state index is 6.26. The summed E-state index contributed by atoms with van der Waals surface area (Å²) in [5, 5.41) is 4.64. The molecule has 2 rings (SSSR count). The molecular formula is C16H24ClN. The van der Waals surface area contributed by atoms with E-state index in [9.17, 15) is 0 Å². The number of hydrogen-bond acceptors (Lipinski definition) is 1. The Hall–Kier alpha value is -0.530. The second kappa shape index (κ2) is 6.08. The van der Waals surface area contributed by atoms with Gasteiger partial charge in [-0.15, -0.1) is 0 Å². The lowest BCUT2D eigenvalue weighted by atomic mass is 9.77. The van der Waals surface area contributed by atoms with Gasteiger partial charge in [0, 0.05) is 17.1 Å². The first kappa shape index (κ1) is 13.9. The third-order valence-electron chi connectivity index (χ3n) is 4.54. The molecule has 0 saturated heterocycles. The Labute approximate surface area is 116 Å². The fourth-order valence-electron chi connectivity index (χ4n) is 3.05. The summed E-state index contributed by atoms with van der Waals surface area (Å²) in [7, 11) is 0. The van der Waals surface area contributed by atoms with E-state index in [0.717, 1.165) is 16.9 Å². The topological polar surface area (TPSA) is 12.0 Å². The average molecular weight is 266 g/mol. The Morgan fingerprint density at radius 1 is 1.22 bits per heavy atom. The van der Waals surface area contributed by atoms with Crippen molar-refractivity contribution in [3.63, 3.8) is 0 Å². The van der Waals surface area contributed by atoms with Gasteiger partial charge in [-0.1, -0.05) is 56.5 Å². The van der Waals surface area contributed by atoms with Crippen LogP contribution in [-0.2, 0) is 0 Å². The molecule has 1 saturated carbocycles. The van der Waals surface area contributed by atoms with Crippen LogP contribution in [0, 0.1) is 11.8 Å². The van der Waals surface area contributed by atoms with Crippen molar-refractivity contribution >= 4 is 11.6 Å². The van der Waals surface area contributed by atoms with Crippen molar-refractivity contribution in [1.82, 2.24) is 5.32 Å². The fraction of sp³-hybridized carbons (Fsp3) is 0.625. The van der Waals surface area contributed by atoms with Gasteiger partial charge in [-0.3, -0.25) is 0 Å². The molecule has 0 radical (unpaired) electrons. The third-order valence-corrected chi connectivity index (χ3v) is 4.89. The minimum absolute atomic E-state index is 0.330. The van der Waals surface area contributed by atoms with Gasteiger partial charge in [0.25, 0.3) is 0 Å². The summed E-state index contributed by atoms with van der Waals surface area (Å²) in [5.74, 6) is 1.58. The van der Waals surface area contributed by atoms with Crippen LogP contribution < -0.4 is 5.32 Å². The summed E-state index contributed by atoms with van der Waals surface area (Å²) < 4.78 is 0. The number of nitrogens with one attached hydrogen (secondary N) is 1. The predicted octanol–water partition coefficient (Wildman–Crippen LogP) is 4.82. The lowest BCUT2D eigenvalue weighted by molar-refractivity contribution is 0.196. The second-order valence-electron chi connectivity index (χ2n) is 5.78. The molecule has 1 aliphatic carbocycles. The van der Waals surface area contributed by atoms with Crippen LogP contribution in [0.3, 0.4) is 0 Å². The third kappa shape index (κ3) is 3.07. The standard InChI is InChI=1S/C16H24ClN/c1-11-7-6-10-16(12(11)2)18-13(3)14-8-4-5-9-15(14)17/h4-5,8-9,11-13,16,18H,6-7,10H2,1-3H3. The molecule has 0 aliphatic heterocycles. The molecule has 2 heteroatoms. The minimum Gasteiger partial charge on any atom is -0.307 e. The minimum atomic E-state index is 0.330. The first-order chi connectivity index (χ1) is 8.59. The Morgan fingerprint density at radius 3 is 2.67 bits per heavy atom. The van der Waals surface area contributed by atoms with Crippen molar-refractivity contribution in [1.29, 1.82) is 0 Å². The van der Waals surface area contributed by atoms with Gasteiger partial charge in [0.1, 0.15) is 0 Å². The zero-order valence-corrected chi connectivity index (χ0v) is 12.4. The first-order valence-electron chi connectivity index (χ1n) is 7.10. The fourth-order valence-corrected chi connectivity index (χ4v) is 3.35. The molecule has 18 heavy (non-hydrogen) atoms. The van der Waals surface area contributed by atoms with E-state index in [0.29, 0.717) is 12.1 Å². The lowest BCUT2D eigenvalue weighted by Crippen LogP contribution is -2.41. The van der Waals surface area contributed by atoms with E-state index in [1.807, 2.05) is 12.1 Å². The van der Waals surface area contributed by atoms with Gasteiger partial charge in [0.05, 0.1) is 0 Å². The van der Waals surface area contributed by atoms with Gasteiger partial charge in [-0.2, -0.15) is 0 Å². The molecule has 0 amide bonds. The van der Waals surface area contributed by atoms with Gasteiger partial charge < -0.3 is 5.32 Å². The summed E-state index contributed by atoms with van der Waals surface area (Å²) in [5.41, 5.74) is 1.21. The molecule has 0 bridgehead atoms. The first-order valence-corrected chi connectivity index (χ1v) is 7.48. The molecule has 4 unspecified atom stereocenters. The Balaban J connectivity index is 2.03. The van der Waals surface area contributed by atoms with E-state index in [1.165, 1.54) is 24.8 Å². The van der Waals surface area contributed by atoms with Crippen molar-refractivity contribution in [2.45, 2.75) is 52.1 Å². The highest BCUT2D eigenvalue weighted by atomic mass is 35.5. The Bertz CT molecular complexity index is 390. The average Bonchev–Trinajstić information content (AvgIpc) is 2.35. The molecule has 1 fully saturated rings. The van der Waals surface area contributed by atoms with Gasteiger partial charge >= 0.3 is 0 Å². The highest BCUT2D eigenvalue weighted by Crippen LogP contribution is 2.32. The zero-order chi connectivity index (χ0) is 13.1. The van der Waals surface area contributed by atoms with Crippen LogP contribution in [0.25, 0.3) is 0 Å². The quantitative estimate of drug-likeness (QED) is 0.827. The smallest absolute Gasteiger partial charge is 0.0453 e. The molecule has 0 heterocycles. The molecular weight excluding hydrogens is 242 g/mol. The van der Waals surface area contributed by atoms with Crippen LogP contribution in [0.4, 0.5) is 0 Å². The normalized spacial score (nSPS) is 30.1. The molecule has 0 aromatic heterocycles. The number of benzene rings is 1. The van der Waals surface area contributed by atoms with Crippen molar-refractivity contribution in [3.8, 4) is 0 Å². The summed E-state index contributed by atoms with van der Waals surface area (Å²) in [6.45, 7) is 6.96. The maximum atomic E-state index is 6.26. The summed E-state index contributed by atoms with van der Waals surface area (Å²) >= 11 is 6.26. The molecule has 1 N–H and O–H groups in total. The van der Waals surface area contributed by atoms with E-state index < -0.39 is 0 Å². The van der Waals surface area contributed by atoms with Crippen LogP contribution in [0.5, 0.6) is 0 Å². The van der Waals surface area contributed by atoms with Crippen molar-refractivity contribution in [2.75, 3.05) is 0 Å². The van der Waals surface area contributed by atoms with Crippen LogP contribution in [0.15, 0.2) is 24.3 Å². The SMILES string of the molecule is CC(NC1CCCC(C)C1C)c1ccccc1Cl. The summed E-state index contributed by atoms with van der Waals surface area (Å²) in [4.78, 5) is 0. The van der Waals surface area contributed by atoms with E-state index >= 15 is 0 Å². The van der Waals surface area contributed by atoms with Gasteiger partial charge in [0.15, 0.2) is 0 Å². The predicted molar refractivity (Wildman–Crippen MR) is 79.0 cm³/mol. The van der Waals surface area contributed by atoms with Crippen LogP contribution in [0.1, 0.15) is 51.6 Å². The molecule has 4 atom stereocenters. The van der Waals surface area contributed by atoms with Crippen LogP contribution in [-0.4, -0.2) is 6.04 Å². The second-order valence-corrected chi connectivity index (χ2v) is 6.19. The van der Waals surface area contributed by atoms with Gasteiger partial charge in [-0.25, -0.2) is 0 Å². The highest BCUT2D eigenvalue weighted by molar-refractivity contribution is 6.31. The number of rotatable bonds is 3. The lowest BCUT2D eigenvalue weighted by Gasteiger charge is -2.36. The van der Waals surface area contributed by atoms with Crippen molar-refractivity contribution in [3.05, 3.63) is 34.9 Å². The van der Waals surface area contributed by atoms with E-state index in [4.69, 9.17) is 11.6 Å².